The minimum absolute atomic E-state index is 0.0685. The average molecular weight is 327 g/mol. The molecule has 0 radical (unpaired) electrons. The zero-order chi connectivity index (χ0) is 17.2. The minimum atomic E-state index is -1.26. The van der Waals surface area contributed by atoms with Crippen LogP contribution >= 0.6 is 0 Å². The van der Waals surface area contributed by atoms with Gasteiger partial charge >= 0.3 is 5.97 Å². The second kappa shape index (κ2) is 6.51. The molecule has 0 spiro atoms. The van der Waals surface area contributed by atoms with E-state index >= 15 is 0 Å². The van der Waals surface area contributed by atoms with Crippen LogP contribution in [-0.2, 0) is 26.2 Å². The Morgan fingerprint density at radius 1 is 1.21 bits per heavy atom. The maximum absolute atomic E-state index is 13.0. The van der Waals surface area contributed by atoms with Crippen molar-refractivity contribution in [3.05, 3.63) is 60.1 Å². The van der Waals surface area contributed by atoms with Crippen LogP contribution in [0, 0.1) is 5.92 Å². The number of carbonyl (C=O) groups excluding carboxylic acids is 1. The predicted molar refractivity (Wildman–Crippen MR) is 89.7 cm³/mol. The van der Waals surface area contributed by atoms with Crippen LogP contribution in [0.3, 0.4) is 0 Å². The molecule has 0 amide bonds. The molecular weight excluding hydrogens is 306 g/mol. The number of carbonyl (C=O) groups is 1. The Bertz CT molecular complexity index is 721. The van der Waals surface area contributed by atoms with Gasteiger partial charge in [-0.3, -0.25) is 0 Å². The molecule has 0 fully saturated rings. The van der Waals surface area contributed by atoms with E-state index in [4.69, 9.17) is 13.9 Å². The van der Waals surface area contributed by atoms with Crippen molar-refractivity contribution in [3.8, 4) is 0 Å². The SMILES string of the molecule is COC1=N[C@@](Cc2ccccc2)(c2ccco2)C(=O)O[C@H]1C(C)C. The monoisotopic (exact) mass is 327 g/mol. The normalized spacial score (nSPS) is 23.8. The maximum Gasteiger partial charge on any atom is 0.343 e. The summed E-state index contributed by atoms with van der Waals surface area (Å²) in [4.78, 5) is 17.6. The molecule has 5 nitrogen and oxygen atoms in total. The molecule has 0 aliphatic carbocycles. The Hall–Kier alpha value is -2.56. The molecule has 1 aromatic heterocycles. The molecule has 0 bridgehead atoms. The molecule has 2 atom stereocenters. The van der Waals surface area contributed by atoms with Crippen LogP contribution in [0.15, 0.2) is 58.1 Å². The van der Waals surface area contributed by atoms with Crippen LogP contribution in [0.2, 0.25) is 0 Å². The molecule has 126 valence electrons. The van der Waals surface area contributed by atoms with Gasteiger partial charge in [-0.05, 0) is 23.6 Å². The molecule has 0 unspecified atom stereocenters. The number of hydrogen-bond donors (Lipinski definition) is 0. The lowest BCUT2D eigenvalue weighted by Gasteiger charge is -2.35. The molecule has 0 saturated heterocycles. The average Bonchev–Trinajstić information content (AvgIpc) is 3.12. The smallest absolute Gasteiger partial charge is 0.343 e. The number of esters is 1. The summed E-state index contributed by atoms with van der Waals surface area (Å²) in [5.74, 6) is 0.518. The summed E-state index contributed by atoms with van der Waals surface area (Å²) in [6, 6.07) is 13.2. The number of nitrogens with zero attached hydrogens (tertiary/aromatic N) is 1. The Balaban J connectivity index is 2.11. The largest absolute Gasteiger partial charge is 0.482 e. The van der Waals surface area contributed by atoms with Crippen molar-refractivity contribution in [3.63, 3.8) is 0 Å². The van der Waals surface area contributed by atoms with Gasteiger partial charge in [0.25, 0.3) is 0 Å². The first-order valence-corrected chi connectivity index (χ1v) is 7.99. The van der Waals surface area contributed by atoms with Gasteiger partial charge < -0.3 is 13.9 Å². The zero-order valence-corrected chi connectivity index (χ0v) is 14.1. The Kier molecular flexibility index (Phi) is 4.42. The van der Waals surface area contributed by atoms with Crippen molar-refractivity contribution < 1.29 is 18.7 Å². The number of ether oxygens (including phenoxy) is 2. The first-order valence-electron chi connectivity index (χ1n) is 7.99. The molecule has 24 heavy (non-hydrogen) atoms. The van der Waals surface area contributed by atoms with Gasteiger partial charge in [0, 0.05) is 6.42 Å². The lowest BCUT2D eigenvalue weighted by atomic mass is 9.87. The third kappa shape index (κ3) is 2.82. The fourth-order valence-electron chi connectivity index (χ4n) is 2.90. The lowest BCUT2D eigenvalue weighted by Crippen LogP contribution is -2.49. The number of methoxy groups -OCH3 is 1. The van der Waals surface area contributed by atoms with Crippen LogP contribution in [0.4, 0.5) is 0 Å². The highest BCUT2D eigenvalue weighted by atomic mass is 16.6. The van der Waals surface area contributed by atoms with Crippen LogP contribution in [0.25, 0.3) is 0 Å². The van der Waals surface area contributed by atoms with Crippen LogP contribution in [0.1, 0.15) is 25.2 Å². The van der Waals surface area contributed by atoms with Crippen LogP contribution in [0.5, 0.6) is 0 Å². The van der Waals surface area contributed by atoms with E-state index in [0.717, 1.165) is 5.56 Å². The molecule has 2 heterocycles. The molecule has 1 aromatic carbocycles. The third-order valence-corrected chi connectivity index (χ3v) is 4.16. The van der Waals surface area contributed by atoms with E-state index in [1.54, 1.807) is 19.2 Å². The number of cyclic esters (lactones) is 1. The minimum Gasteiger partial charge on any atom is -0.482 e. The predicted octanol–water partition coefficient (Wildman–Crippen LogP) is 3.34. The summed E-state index contributed by atoms with van der Waals surface area (Å²) < 4.78 is 16.7. The summed E-state index contributed by atoms with van der Waals surface area (Å²) in [6.07, 6.45) is 1.39. The van der Waals surface area contributed by atoms with Gasteiger partial charge in [-0.15, -0.1) is 0 Å². The first kappa shape index (κ1) is 16.3. The summed E-state index contributed by atoms with van der Waals surface area (Å²) in [7, 11) is 1.54. The second-order valence-electron chi connectivity index (χ2n) is 6.22. The zero-order valence-electron chi connectivity index (χ0n) is 14.1. The van der Waals surface area contributed by atoms with Crippen molar-refractivity contribution in [2.24, 2.45) is 10.9 Å². The quantitative estimate of drug-likeness (QED) is 0.808. The van der Waals surface area contributed by atoms with Crippen LogP contribution in [-0.4, -0.2) is 25.1 Å². The number of aliphatic imine (C=N–C) groups is 1. The summed E-state index contributed by atoms with van der Waals surface area (Å²) in [5, 5.41) is 0. The highest BCUT2D eigenvalue weighted by molar-refractivity contribution is 5.94. The van der Waals surface area contributed by atoms with Gasteiger partial charge in [0.05, 0.1) is 13.4 Å². The lowest BCUT2D eigenvalue weighted by molar-refractivity contribution is -0.158. The molecule has 0 N–H and O–H groups in total. The van der Waals surface area contributed by atoms with Crippen molar-refractivity contribution in [2.75, 3.05) is 7.11 Å². The van der Waals surface area contributed by atoms with Crippen molar-refractivity contribution in [1.29, 1.82) is 0 Å². The molecule has 2 aromatic rings. The van der Waals surface area contributed by atoms with E-state index in [-0.39, 0.29) is 5.92 Å². The van der Waals surface area contributed by atoms with Gasteiger partial charge in [-0.1, -0.05) is 44.2 Å². The van der Waals surface area contributed by atoms with Gasteiger partial charge in [0.2, 0.25) is 11.4 Å². The number of rotatable bonds is 4. The van der Waals surface area contributed by atoms with Gasteiger partial charge in [0.1, 0.15) is 5.76 Å². The Morgan fingerprint density at radius 3 is 2.54 bits per heavy atom. The Morgan fingerprint density at radius 2 is 1.96 bits per heavy atom. The topological polar surface area (TPSA) is 61.0 Å². The van der Waals surface area contributed by atoms with E-state index in [1.165, 1.54) is 6.26 Å². The highest BCUT2D eigenvalue weighted by Crippen LogP contribution is 2.37. The molecule has 1 aliphatic heterocycles. The number of furan rings is 1. The van der Waals surface area contributed by atoms with E-state index in [0.29, 0.717) is 18.1 Å². The van der Waals surface area contributed by atoms with E-state index in [2.05, 4.69) is 4.99 Å². The molecule has 0 saturated carbocycles. The summed E-state index contributed by atoms with van der Waals surface area (Å²) in [5.41, 5.74) is -0.297. The van der Waals surface area contributed by atoms with Crippen LogP contribution < -0.4 is 0 Å². The molecule has 3 rings (SSSR count). The molecular formula is C19H21NO4. The van der Waals surface area contributed by atoms with E-state index in [9.17, 15) is 4.79 Å². The fraction of sp³-hybridized carbons (Fsp3) is 0.368. The van der Waals surface area contributed by atoms with Gasteiger partial charge in [-0.2, -0.15) is 0 Å². The summed E-state index contributed by atoms with van der Waals surface area (Å²) in [6.45, 7) is 3.92. The Labute approximate surface area is 141 Å². The molecule has 1 aliphatic rings. The van der Waals surface area contributed by atoms with E-state index in [1.807, 2.05) is 44.2 Å². The summed E-state index contributed by atoms with van der Waals surface area (Å²) >= 11 is 0. The van der Waals surface area contributed by atoms with Gasteiger partial charge in [0.15, 0.2) is 6.10 Å². The third-order valence-electron chi connectivity index (χ3n) is 4.16. The van der Waals surface area contributed by atoms with Crippen molar-refractivity contribution >= 4 is 11.9 Å². The maximum atomic E-state index is 13.0. The first-order chi connectivity index (χ1) is 11.6. The standard InChI is InChI=1S/C19H21NO4/c1-13(2)16-17(22-3)20-19(18(21)24-16,15-10-7-11-23-15)12-14-8-5-4-6-9-14/h4-11,13,16H,12H2,1-3H3/t16-,19-/m0/s1. The highest BCUT2D eigenvalue weighted by Gasteiger charge is 2.51. The second-order valence-corrected chi connectivity index (χ2v) is 6.22. The van der Waals surface area contributed by atoms with Crippen molar-refractivity contribution in [2.45, 2.75) is 31.9 Å². The van der Waals surface area contributed by atoms with Gasteiger partial charge in [-0.25, -0.2) is 9.79 Å². The fourth-order valence-corrected chi connectivity index (χ4v) is 2.90. The number of benzene rings is 1. The number of hydrogen-bond acceptors (Lipinski definition) is 5. The molecule has 5 heteroatoms. The van der Waals surface area contributed by atoms with E-state index < -0.39 is 17.6 Å². The van der Waals surface area contributed by atoms with Crippen molar-refractivity contribution in [1.82, 2.24) is 0 Å².